The Kier molecular flexibility index (Phi) is 8.14. The third-order valence-corrected chi connectivity index (χ3v) is 3.68. The van der Waals surface area contributed by atoms with Crippen LogP contribution in [-0.4, -0.2) is 45.5 Å². The van der Waals surface area contributed by atoms with Crippen LogP contribution in [0.1, 0.15) is 20.3 Å². The minimum Gasteiger partial charge on any atom is -0.481 e. The van der Waals surface area contributed by atoms with Crippen LogP contribution in [-0.2, 0) is 9.59 Å². The van der Waals surface area contributed by atoms with Gasteiger partial charge in [0.05, 0.1) is 6.42 Å². The zero-order valence-electron chi connectivity index (χ0n) is 13.0. The van der Waals surface area contributed by atoms with Crippen LogP contribution in [0.5, 0.6) is 0 Å². The van der Waals surface area contributed by atoms with Gasteiger partial charge in [0.15, 0.2) is 5.58 Å². The molecule has 0 radical (unpaired) electrons. The number of thioether (sulfide) groups is 1. The average Bonchev–Trinajstić information content (AvgIpc) is 2.90. The minimum atomic E-state index is -1.20. The van der Waals surface area contributed by atoms with E-state index < -0.39 is 23.6 Å². The molecule has 23 heavy (non-hydrogen) atoms. The molecule has 7 nitrogen and oxygen atoms in total. The molecular formula is C15H20N2O5S. The standard InChI is InChI=1S/C11H9NO5S.C4H11N/c13-9(14)5-8(10(15)16)18-11-12-6-3-1-2-4-7(6)17-11;1-3-5-4-2/h1-4,8H,5H2,(H,13,14)(H,15,16);5H,3-4H2,1-2H3. The van der Waals surface area contributed by atoms with Gasteiger partial charge in [-0.3, -0.25) is 9.59 Å². The quantitative estimate of drug-likeness (QED) is 0.659. The number of carboxylic acids is 2. The first-order valence-corrected chi connectivity index (χ1v) is 8.03. The van der Waals surface area contributed by atoms with E-state index >= 15 is 0 Å². The maximum atomic E-state index is 10.9. The predicted molar refractivity (Wildman–Crippen MR) is 87.8 cm³/mol. The number of carboxylic acid groups (broad SMARTS) is 2. The van der Waals surface area contributed by atoms with E-state index in [0.29, 0.717) is 11.1 Å². The lowest BCUT2D eigenvalue weighted by molar-refractivity contribution is -0.142. The topological polar surface area (TPSA) is 113 Å². The lowest BCUT2D eigenvalue weighted by atomic mass is 10.3. The van der Waals surface area contributed by atoms with E-state index in [2.05, 4.69) is 24.1 Å². The first-order valence-electron chi connectivity index (χ1n) is 7.15. The summed E-state index contributed by atoms with van der Waals surface area (Å²) in [6, 6.07) is 6.99. The Balaban J connectivity index is 0.000000463. The van der Waals surface area contributed by atoms with Crippen molar-refractivity contribution in [1.29, 1.82) is 0 Å². The van der Waals surface area contributed by atoms with Crippen LogP contribution in [0.4, 0.5) is 0 Å². The highest BCUT2D eigenvalue weighted by Gasteiger charge is 2.24. The van der Waals surface area contributed by atoms with Crippen molar-refractivity contribution in [3.63, 3.8) is 0 Å². The number of carbonyl (C=O) groups is 2. The Morgan fingerprint density at radius 1 is 1.26 bits per heavy atom. The van der Waals surface area contributed by atoms with E-state index in [0.717, 1.165) is 24.9 Å². The summed E-state index contributed by atoms with van der Waals surface area (Å²) >= 11 is 0.793. The molecule has 8 heteroatoms. The molecule has 0 aliphatic heterocycles. The van der Waals surface area contributed by atoms with E-state index in [4.69, 9.17) is 14.6 Å². The van der Waals surface area contributed by atoms with Crippen LogP contribution in [0.3, 0.4) is 0 Å². The fourth-order valence-electron chi connectivity index (χ4n) is 1.61. The summed E-state index contributed by atoms with van der Waals surface area (Å²) in [5.74, 6) is -2.38. The molecule has 0 aliphatic rings. The van der Waals surface area contributed by atoms with Gasteiger partial charge in [-0.15, -0.1) is 0 Å². The van der Waals surface area contributed by atoms with Gasteiger partial charge in [0.2, 0.25) is 0 Å². The number of nitrogens with one attached hydrogen (secondary N) is 1. The molecule has 0 spiro atoms. The number of oxazole rings is 1. The number of hydrogen-bond acceptors (Lipinski definition) is 6. The molecule has 0 amide bonds. The van der Waals surface area contributed by atoms with E-state index in [1.807, 2.05) is 0 Å². The number of aliphatic carboxylic acids is 2. The van der Waals surface area contributed by atoms with Gasteiger partial charge in [-0.25, -0.2) is 4.98 Å². The molecule has 0 saturated carbocycles. The molecule has 1 unspecified atom stereocenters. The monoisotopic (exact) mass is 340 g/mol. The predicted octanol–water partition coefficient (Wildman–Crippen LogP) is 2.46. The maximum absolute atomic E-state index is 10.9. The zero-order chi connectivity index (χ0) is 17.2. The van der Waals surface area contributed by atoms with Crippen molar-refractivity contribution in [3.8, 4) is 0 Å². The Morgan fingerprint density at radius 3 is 2.39 bits per heavy atom. The molecule has 0 aliphatic carbocycles. The van der Waals surface area contributed by atoms with Gasteiger partial charge >= 0.3 is 11.9 Å². The number of nitrogens with zero attached hydrogens (tertiary/aromatic N) is 1. The molecule has 1 aromatic heterocycles. The van der Waals surface area contributed by atoms with Crippen LogP contribution in [0.15, 0.2) is 33.9 Å². The van der Waals surface area contributed by atoms with Gasteiger partial charge in [0.1, 0.15) is 10.8 Å². The number of benzene rings is 1. The smallest absolute Gasteiger partial charge is 0.317 e. The largest absolute Gasteiger partial charge is 0.481 e. The first-order chi connectivity index (χ1) is 11.0. The number of rotatable bonds is 7. The Labute approximate surface area is 138 Å². The second kappa shape index (κ2) is 9.86. The molecule has 1 heterocycles. The van der Waals surface area contributed by atoms with Gasteiger partial charge in [-0.2, -0.15) is 0 Å². The van der Waals surface area contributed by atoms with Crippen molar-refractivity contribution in [1.82, 2.24) is 10.3 Å². The molecule has 2 rings (SSSR count). The van der Waals surface area contributed by atoms with Gasteiger partial charge in [0, 0.05) is 0 Å². The van der Waals surface area contributed by atoms with E-state index in [9.17, 15) is 9.59 Å². The third kappa shape index (κ3) is 6.70. The number of para-hydroxylation sites is 2. The molecule has 2 aromatic rings. The normalized spacial score (nSPS) is 11.6. The van der Waals surface area contributed by atoms with Gasteiger partial charge in [-0.1, -0.05) is 37.7 Å². The van der Waals surface area contributed by atoms with Crippen molar-refractivity contribution in [3.05, 3.63) is 24.3 Å². The molecule has 1 atom stereocenters. The number of fused-ring (bicyclic) bond motifs is 1. The maximum Gasteiger partial charge on any atom is 0.317 e. The van der Waals surface area contributed by atoms with Gasteiger partial charge in [-0.05, 0) is 25.2 Å². The molecule has 1 aromatic carbocycles. The SMILES string of the molecule is CCNCC.O=C(O)CC(Sc1nc2ccccc2o1)C(=O)O. The highest BCUT2D eigenvalue weighted by Crippen LogP contribution is 2.28. The van der Waals surface area contributed by atoms with Crippen molar-refractivity contribution in [2.75, 3.05) is 13.1 Å². The van der Waals surface area contributed by atoms with Crippen molar-refractivity contribution in [2.24, 2.45) is 0 Å². The minimum absolute atomic E-state index is 0.157. The molecular weight excluding hydrogens is 320 g/mol. The van der Waals surface area contributed by atoms with Crippen molar-refractivity contribution >= 4 is 34.8 Å². The molecule has 0 bridgehead atoms. The Bertz CT molecular complexity index is 609. The van der Waals surface area contributed by atoms with Crippen molar-refractivity contribution < 1.29 is 24.2 Å². The summed E-state index contributed by atoms with van der Waals surface area (Å²) in [6.45, 7) is 6.39. The molecule has 126 valence electrons. The lowest BCUT2D eigenvalue weighted by Crippen LogP contribution is -2.20. The van der Waals surface area contributed by atoms with Crippen LogP contribution in [0, 0.1) is 0 Å². The van der Waals surface area contributed by atoms with Crippen LogP contribution < -0.4 is 5.32 Å². The summed E-state index contributed by atoms with van der Waals surface area (Å²) in [5, 5.41) is 19.7. The highest BCUT2D eigenvalue weighted by atomic mass is 32.2. The number of aromatic nitrogens is 1. The summed E-state index contributed by atoms with van der Waals surface area (Å²) in [5.41, 5.74) is 1.15. The number of hydrogen-bond donors (Lipinski definition) is 3. The second-order valence-corrected chi connectivity index (χ2v) is 5.60. The fourth-order valence-corrected chi connectivity index (χ4v) is 2.47. The first kappa shape index (κ1) is 19.0. The summed E-state index contributed by atoms with van der Waals surface area (Å²) in [7, 11) is 0. The van der Waals surface area contributed by atoms with Crippen LogP contribution in [0.2, 0.25) is 0 Å². The van der Waals surface area contributed by atoms with E-state index in [1.165, 1.54) is 0 Å². The van der Waals surface area contributed by atoms with Gasteiger partial charge < -0.3 is 19.9 Å². The fraction of sp³-hybridized carbons (Fsp3) is 0.400. The van der Waals surface area contributed by atoms with Crippen LogP contribution >= 0.6 is 11.8 Å². The average molecular weight is 340 g/mol. The van der Waals surface area contributed by atoms with Crippen LogP contribution in [0.25, 0.3) is 11.1 Å². The Morgan fingerprint density at radius 2 is 1.91 bits per heavy atom. The van der Waals surface area contributed by atoms with Gasteiger partial charge in [0.25, 0.3) is 5.22 Å². The summed E-state index contributed by atoms with van der Waals surface area (Å²) in [4.78, 5) is 25.5. The third-order valence-electron chi connectivity index (χ3n) is 2.65. The molecule has 0 fully saturated rings. The summed E-state index contributed by atoms with van der Waals surface area (Å²) in [6.07, 6.45) is -0.487. The Hall–Kier alpha value is -2.06. The van der Waals surface area contributed by atoms with E-state index in [-0.39, 0.29) is 5.22 Å². The summed E-state index contributed by atoms with van der Waals surface area (Å²) < 4.78 is 5.33. The lowest BCUT2D eigenvalue weighted by Gasteiger charge is -2.05. The second-order valence-electron chi connectivity index (χ2n) is 4.45. The van der Waals surface area contributed by atoms with Crippen molar-refractivity contribution in [2.45, 2.75) is 30.7 Å². The molecule has 0 saturated heterocycles. The van der Waals surface area contributed by atoms with E-state index in [1.54, 1.807) is 24.3 Å². The molecule has 3 N–H and O–H groups in total. The zero-order valence-corrected chi connectivity index (χ0v) is 13.8. The highest BCUT2D eigenvalue weighted by molar-refractivity contribution is 8.00.